The van der Waals surface area contributed by atoms with Crippen LogP contribution < -0.4 is 4.74 Å². The van der Waals surface area contributed by atoms with E-state index in [1.54, 1.807) is 0 Å². The number of benzene rings is 1. The molecule has 0 bridgehead atoms. The molecule has 0 unspecified atom stereocenters. The van der Waals surface area contributed by atoms with Crippen LogP contribution in [-0.2, 0) is 4.79 Å². The molecule has 0 amide bonds. The van der Waals surface area contributed by atoms with Gasteiger partial charge in [0.15, 0.2) is 10.9 Å². The van der Waals surface area contributed by atoms with E-state index >= 15 is 0 Å². The molecule has 0 saturated heterocycles. The minimum absolute atomic E-state index is 0.00568. The van der Waals surface area contributed by atoms with E-state index in [9.17, 15) is 14.0 Å². The number of hydrogen-bond acceptors (Lipinski definition) is 3. The van der Waals surface area contributed by atoms with Crippen molar-refractivity contribution in [1.82, 2.24) is 4.57 Å². The maximum atomic E-state index is 13.2. The number of esters is 1. The van der Waals surface area contributed by atoms with Crippen LogP contribution in [0.25, 0.3) is 10.9 Å². The summed E-state index contributed by atoms with van der Waals surface area (Å²) in [5, 5.41) is 0.240. The number of halogens is 2. The molecule has 2 aromatic rings. The molecule has 1 aromatic carbocycles. The lowest BCUT2D eigenvalue weighted by molar-refractivity contribution is -0.131. The first kappa shape index (κ1) is 12.6. The number of rotatable bonds is 1. The Balaban J connectivity index is 2.83. The maximum absolute atomic E-state index is 13.2. The number of nitrogens with zero attached hydrogens (tertiary/aromatic N) is 1. The summed E-state index contributed by atoms with van der Waals surface area (Å²) in [5.74, 6) is -1.46. The third-order valence-corrected chi connectivity index (χ3v) is 2.73. The van der Waals surface area contributed by atoms with E-state index in [2.05, 4.69) is 0 Å². The van der Waals surface area contributed by atoms with Crippen LogP contribution in [0.1, 0.15) is 18.6 Å². The smallest absolute Gasteiger partial charge is 0.308 e. The Bertz CT molecular complexity index is 663. The van der Waals surface area contributed by atoms with Gasteiger partial charge in [0.1, 0.15) is 5.82 Å². The number of hydrogen-bond donors (Lipinski definition) is 0. The zero-order chi connectivity index (χ0) is 13.4. The van der Waals surface area contributed by atoms with Crippen molar-refractivity contribution in [2.75, 3.05) is 0 Å². The molecule has 0 N–H and O–H groups in total. The summed E-state index contributed by atoms with van der Waals surface area (Å²) in [6, 6.07) is 3.78. The molecule has 1 heterocycles. The van der Waals surface area contributed by atoms with Gasteiger partial charge in [0.05, 0.1) is 5.52 Å². The molecule has 94 valence electrons. The highest BCUT2D eigenvalue weighted by molar-refractivity contribution is 6.34. The second-order valence-electron chi connectivity index (χ2n) is 3.73. The molecule has 18 heavy (non-hydrogen) atoms. The predicted octanol–water partition coefficient (Wildman–Crippen LogP) is 3.02. The molecule has 0 aliphatic rings. The third kappa shape index (κ3) is 1.97. The van der Waals surface area contributed by atoms with E-state index in [1.165, 1.54) is 32.0 Å². The van der Waals surface area contributed by atoms with Crippen molar-refractivity contribution in [3.8, 4) is 5.75 Å². The van der Waals surface area contributed by atoms with Crippen LogP contribution in [0, 0.1) is 5.82 Å². The fourth-order valence-electron chi connectivity index (χ4n) is 1.75. The maximum Gasteiger partial charge on any atom is 0.308 e. The number of fused-ring (bicyclic) bond motifs is 1. The normalized spacial score (nSPS) is 10.7. The van der Waals surface area contributed by atoms with Crippen LogP contribution in [0.5, 0.6) is 5.75 Å². The summed E-state index contributed by atoms with van der Waals surface area (Å²) in [4.78, 5) is 22.5. The van der Waals surface area contributed by atoms with E-state index in [0.717, 1.165) is 4.57 Å². The molecular weight excluding hydrogens is 261 g/mol. The van der Waals surface area contributed by atoms with Crippen molar-refractivity contribution >= 4 is 34.4 Å². The first-order valence-corrected chi connectivity index (χ1v) is 5.48. The lowest BCUT2D eigenvalue weighted by Gasteiger charge is -2.00. The second kappa shape index (κ2) is 4.42. The zero-order valence-corrected chi connectivity index (χ0v) is 10.4. The molecule has 0 atom stereocenters. The van der Waals surface area contributed by atoms with Crippen molar-refractivity contribution in [2.45, 2.75) is 13.8 Å². The molecule has 6 heteroatoms. The van der Waals surface area contributed by atoms with Gasteiger partial charge < -0.3 is 4.74 Å². The summed E-state index contributed by atoms with van der Waals surface area (Å²) in [6.07, 6.45) is 0. The van der Waals surface area contributed by atoms with Crippen molar-refractivity contribution in [3.63, 3.8) is 0 Å². The van der Waals surface area contributed by atoms with Crippen molar-refractivity contribution in [2.24, 2.45) is 0 Å². The molecule has 0 spiro atoms. The second-order valence-corrected chi connectivity index (χ2v) is 4.09. The van der Waals surface area contributed by atoms with Gasteiger partial charge in [-0.15, -0.1) is 0 Å². The van der Waals surface area contributed by atoms with Crippen LogP contribution in [0.3, 0.4) is 0 Å². The van der Waals surface area contributed by atoms with E-state index in [4.69, 9.17) is 16.3 Å². The Hall–Kier alpha value is -1.88. The molecule has 0 fully saturated rings. The number of carbonyl (C=O) groups excluding carboxylic acids is 2. The lowest BCUT2D eigenvalue weighted by atomic mass is 10.2. The average Bonchev–Trinajstić information content (AvgIpc) is 2.52. The highest BCUT2D eigenvalue weighted by atomic mass is 35.5. The largest absolute Gasteiger partial charge is 0.423 e. The molecule has 0 aliphatic carbocycles. The standard InChI is InChI=1S/C12H9ClFNO3/c1-6(16)15-10-4-3-8(14)5-9(10)11(12(15)13)18-7(2)17/h3-5H,1-2H3. The van der Waals surface area contributed by atoms with Crippen molar-refractivity contribution in [3.05, 3.63) is 29.2 Å². The number of carbonyl (C=O) groups is 2. The van der Waals surface area contributed by atoms with Gasteiger partial charge in [0.2, 0.25) is 5.91 Å². The minimum atomic E-state index is -0.594. The van der Waals surface area contributed by atoms with Gasteiger partial charge in [-0.3, -0.25) is 14.2 Å². The Morgan fingerprint density at radius 1 is 1.33 bits per heavy atom. The Labute approximate surface area is 107 Å². The van der Waals surface area contributed by atoms with Gasteiger partial charge in [-0.2, -0.15) is 0 Å². The topological polar surface area (TPSA) is 48.3 Å². The molecule has 1 aromatic heterocycles. The van der Waals surface area contributed by atoms with Gasteiger partial charge in [-0.05, 0) is 18.2 Å². The van der Waals surface area contributed by atoms with Gasteiger partial charge in [0, 0.05) is 19.2 Å². The lowest BCUT2D eigenvalue weighted by Crippen LogP contribution is -2.06. The Kier molecular flexibility index (Phi) is 3.09. The quantitative estimate of drug-likeness (QED) is 0.748. The van der Waals surface area contributed by atoms with Crippen LogP contribution in [0.4, 0.5) is 4.39 Å². The fourth-order valence-corrected chi connectivity index (χ4v) is 2.10. The molecular formula is C12H9ClFNO3. The zero-order valence-electron chi connectivity index (χ0n) is 9.66. The molecule has 0 radical (unpaired) electrons. The first-order chi connectivity index (χ1) is 8.41. The van der Waals surface area contributed by atoms with Crippen LogP contribution in [0.2, 0.25) is 5.15 Å². The summed E-state index contributed by atoms with van der Waals surface area (Å²) in [7, 11) is 0. The van der Waals surface area contributed by atoms with Crippen LogP contribution >= 0.6 is 11.6 Å². The number of ether oxygens (including phenoxy) is 1. The minimum Gasteiger partial charge on any atom is -0.423 e. The summed E-state index contributed by atoms with van der Waals surface area (Å²) < 4.78 is 19.3. The van der Waals surface area contributed by atoms with Crippen LogP contribution in [0.15, 0.2) is 18.2 Å². The van der Waals surface area contributed by atoms with Crippen molar-refractivity contribution in [1.29, 1.82) is 0 Å². The SMILES string of the molecule is CC(=O)Oc1c(Cl)n(C(C)=O)c2ccc(F)cc12. The predicted molar refractivity (Wildman–Crippen MR) is 64.5 cm³/mol. The third-order valence-electron chi connectivity index (χ3n) is 2.39. The first-order valence-electron chi connectivity index (χ1n) is 5.10. The highest BCUT2D eigenvalue weighted by Gasteiger charge is 2.21. The summed E-state index contributed by atoms with van der Waals surface area (Å²) in [5.41, 5.74) is 0.394. The van der Waals surface area contributed by atoms with Gasteiger partial charge >= 0.3 is 5.97 Å². The molecule has 4 nitrogen and oxygen atoms in total. The Morgan fingerprint density at radius 3 is 2.56 bits per heavy atom. The highest BCUT2D eigenvalue weighted by Crippen LogP contribution is 2.37. The Morgan fingerprint density at radius 2 is 2.00 bits per heavy atom. The monoisotopic (exact) mass is 269 g/mol. The van der Waals surface area contributed by atoms with Crippen molar-refractivity contribution < 1.29 is 18.7 Å². The van der Waals surface area contributed by atoms with Gasteiger partial charge in [-0.1, -0.05) is 11.6 Å². The summed E-state index contributed by atoms with van der Waals surface area (Å²) in [6.45, 7) is 2.51. The van der Waals surface area contributed by atoms with Crippen LogP contribution in [-0.4, -0.2) is 16.4 Å². The van der Waals surface area contributed by atoms with E-state index in [1.807, 2.05) is 0 Å². The van der Waals surface area contributed by atoms with E-state index < -0.39 is 11.8 Å². The molecule has 0 aliphatic heterocycles. The number of aromatic nitrogens is 1. The van der Waals surface area contributed by atoms with E-state index in [-0.39, 0.29) is 22.2 Å². The fraction of sp³-hybridized carbons (Fsp3) is 0.167. The van der Waals surface area contributed by atoms with Gasteiger partial charge in [-0.25, -0.2) is 4.39 Å². The van der Waals surface area contributed by atoms with E-state index in [0.29, 0.717) is 5.52 Å². The average molecular weight is 270 g/mol. The molecule has 2 rings (SSSR count). The molecule has 0 saturated carbocycles. The summed E-state index contributed by atoms with van der Waals surface area (Å²) >= 11 is 5.99. The van der Waals surface area contributed by atoms with Gasteiger partial charge in [0.25, 0.3) is 0 Å².